The van der Waals surface area contributed by atoms with Crippen LogP contribution in [0, 0.1) is 11.3 Å². The molecule has 3 rings (SSSR count). The SMILES string of the molecule is C=C(C)CCOCCOCCOc1ccc2cc(-c3cccc(C#N)c3)c(=O)oc2n1.O=CO. The average molecular weight is 466 g/mol. The molecule has 0 bridgehead atoms. The molecule has 0 radical (unpaired) electrons. The Labute approximate surface area is 196 Å². The lowest BCUT2D eigenvalue weighted by Gasteiger charge is -2.08. The summed E-state index contributed by atoms with van der Waals surface area (Å²) in [5, 5.41) is 16.6. The Kier molecular flexibility index (Phi) is 11.0. The van der Waals surface area contributed by atoms with E-state index in [4.69, 9.17) is 33.8 Å². The first-order valence-electron chi connectivity index (χ1n) is 10.4. The minimum atomic E-state index is -0.526. The van der Waals surface area contributed by atoms with Gasteiger partial charge in [0.2, 0.25) is 11.6 Å². The summed E-state index contributed by atoms with van der Waals surface area (Å²) in [6, 6.07) is 14.1. The van der Waals surface area contributed by atoms with Crippen molar-refractivity contribution < 1.29 is 28.5 Å². The van der Waals surface area contributed by atoms with Crippen LogP contribution in [-0.2, 0) is 14.3 Å². The van der Waals surface area contributed by atoms with Crippen LogP contribution in [-0.4, -0.2) is 49.6 Å². The van der Waals surface area contributed by atoms with Crippen LogP contribution in [0.2, 0.25) is 0 Å². The number of pyridine rings is 1. The number of nitriles is 1. The number of aromatic nitrogens is 1. The van der Waals surface area contributed by atoms with E-state index in [0.29, 0.717) is 61.0 Å². The van der Waals surface area contributed by atoms with Gasteiger partial charge >= 0.3 is 5.63 Å². The fourth-order valence-electron chi connectivity index (χ4n) is 2.79. The third-order valence-corrected chi connectivity index (χ3v) is 4.40. The smallest absolute Gasteiger partial charge is 0.345 e. The lowest BCUT2D eigenvalue weighted by Crippen LogP contribution is -2.11. The summed E-state index contributed by atoms with van der Waals surface area (Å²) in [7, 11) is 0. The van der Waals surface area contributed by atoms with Crippen molar-refractivity contribution in [1.29, 1.82) is 5.26 Å². The standard InChI is InChI=1S/C24H24N2O5.CH2O2/c1-17(2)8-9-28-10-11-29-12-13-30-22-7-6-20-15-21(24(27)31-23(20)26-22)19-5-3-4-18(14-19)16-25;2-1-3/h3-7,14-15H,1,8-13H2,2H3;1H,(H,2,3). The number of carbonyl (C=O) groups is 1. The molecule has 0 amide bonds. The van der Waals surface area contributed by atoms with Gasteiger partial charge < -0.3 is 23.7 Å². The van der Waals surface area contributed by atoms with E-state index in [2.05, 4.69) is 17.6 Å². The molecule has 2 aromatic heterocycles. The minimum Gasteiger partial charge on any atom is -0.483 e. The van der Waals surface area contributed by atoms with E-state index < -0.39 is 5.63 Å². The Morgan fingerprint density at radius 1 is 1.15 bits per heavy atom. The molecule has 0 aliphatic heterocycles. The number of ether oxygens (including phenoxy) is 3. The molecule has 1 aromatic carbocycles. The maximum absolute atomic E-state index is 12.4. The van der Waals surface area contributed by atoms with Crippen LogP contribution in [0.5, 0.6) is 5.88 Å². The summed E-state index contributed by atoms with van der Waals surface area (Å²) in [6.07, 6.45) is 0.848. The number of hydrogen-bond donors (Lipinski definition) is 1. The van der Waals surface area contributed by atoms with Gasteiger partial charge in [0.15, 0.2) is 0 Å². The third-order valence-electron chi connectivity index (χ3n) is 4.40. The first-order chi connectivity index (χ1) is 16.5. The van der Waals surface area contributed by atoms with Gasteiger partial charge in [-0.1, -0.05) is 17.7 Å². The molecule has 0 saturated carbocycles. The van der Waals surface area contributed by atoms with Crippen LogP contribution in [0.1, 0.15) is 18.9 Å². The minimum absolute atomic E-state index is 0.189. The second-order valence-corrected chi connectivity index (χ2v) is 7.07. The topological polar surface area (TPSA) is 132 Å². The number of nitrogens with zero attached hydrogens (tertiary/aromatic N) is 2. The molecule has 2 heterocycles. The van der Waals surface area contributed by atoms with E-state index in [9.17, 15) is 4.79 Å². The highest BCUT2D eigenvalue weighted by Gasteiger charge is 2.10. The van der Waals surface area contributed by atoms with Gasteiger partial charge in [0.05, 0.1) is 43.6 Å². The number of benzene rings is 1. The van der Waals surface area contributed by atoms with Crippen molar-refractivity contribution >= 4 is 17.6 Å². The second kappa shape index (κ2) is 14.2. The van der Waals surface area contributed by atoms with E-state index in [1.807, 2.05) is 6.92 Å². The molecule has 34 heavy (non-hydrogen) atoms. The van der Waals surface area contributed by atoms with Crippen LogP contribution in [0.4, 0.5) is 0 Å². The Bertz CT molecular complexity index is 1200. The van der Waals surface area contributed by atoms with Gasteiger partial charge in [-0.05, 0) is 43.2 Å². The molecule has 0 spiro atoms. The number of rotatable bonds is 11. The quantitative estimate of drug-likeness (QED) is 0.254. The van der Waals surface area contributed by atoms with Gasteiger partial charge in [0, 0.05) is 11.5 Å². The van der Waals surface area contributed by atoms with Gasteiger partial charge in [0.1, 0.15) is 6.61 Å². The molecular weight excluding hydrogens is 440 g/mol. The molecule has 0 fully saturated rings. The Morgan fingerprint density at radius 3 is 2.56 bits per heavy atom. The molecule has 0 aliphatic carbocycles. The normalized spacial score (nSPS) is 10.1. The monoisotopic (exact) mass is 466 g/mol. The molecule has 0 unspecified atom stereocenters. The average Bonchev–Trinajstić information content (AvgIpc) is 2.82. The maximum atomic E-state index is 12.4. The van der Waals surface area contributed by atoms with Gasteiger partial charge in [-0.15, -0.1) is 6.58 Å². The lowest BCUT2D eigenvalue weighted by atomic mass is 10.0. The first kappa shape index (κ1) is 26.3. The maximum Gasteiger partial charge on any atom is 0.345 e. The van der Waals surface area contributed by atoms with Crippen molar-refractivity contribution in [2.75, 3.05) is 33.0 Å². The van der Waals surface area contributed by atoms with Crippen molar-refractivity contribution in [3.63, 3.8) is 0 Å². The Hall–Kier alpha value is -4.00. The van der Waals surface area contributed by atoms with Gasteiger partial charge in [-0.2, -0.15) is 10.2 Å². The molecule has 9 nitrogen and oxygen atoms in total. The summed E-state index contributed by atoms with van der Waals surface area (Å²) >= 11 is 0. The summed E-state index contributed by atoms with van der Waals surface area (Å²) in [5.41, 5.74) is 2.23. The molecule has 3 aromatic rings. The summed E-state index contributed by atoms with van der Waals surface area (Å²) < 4.78 is 21.8. The van der Waals surface area contributed by atoms with Gasteiger partial charge in [-0.25, -0.2) is 4.79 Å². The zero-order chi connectivity index (χ0) is 24.8. The highest BCUT2D eigenvalue weighted by atomic mass is 16.5. The molecule has 0 aliphatic rings. The van der Waals surface area contributed by atoms with Gasteiger partial charge in [0.25, 0.3) is 6.47 Å². The van der Waals surface area contributed by atoms with E-state index in [1.54, 1.807) is 42.5 Å². The Balaban J connectivity index is 0.00000129. The number of hydrogen-bond acceptors (Lipinski definition) is 8. The predicted molar refractivity (Wildman–Crippen MR) is 126 cm³/mol. The molecule has 9 heteroatoms. The number of carboxylic acid groups (broad SMARTS) is 1. The van der Waals surface area contributed by atoms with Crippen LogP contribution in [0.3, 0.4) is 0 Å². The molecule has 0 atom stereocenters. The third kappa shape index (κ3) is 8.50. The lowest BCUT2D eigenvalue weighted by molar-refractivity contribution is -0.122. The Morgan fingerprint density at radius 2 is 1.85 bits per heavy atom. The fourth-order valence-corrected chi connectivity index (χ4v) is 2.79. The van der Waals surface area contributed by atoms with Crippen molar-refractivity contribution in [3.05, 3.63) is 70.6 Å². The summed E-state index contributed by atoms with van der Waals surface area (Å²) in [5.74, 6) is 0.344. The van der Waals surface area contributed by atoms with Crippen LogP contribution in [0.15, 0.2) is 63.8 Å². The summed E-state index contributed by atoms with van der Waals surface area (Å²) in [4.78, 5) is 25.0. The van der Waals surface area contributed by atoms with Gasteiger partial charge in [-0.3, -0.25) is 4.79 Å². The van der Waals surface area contributed by atoms with Crippen molar-refractivity contribution in [2.24, 2.45) is 0 Å². The highest BCUT2D eigenvalue weighted by Crippen LogP contribution is 2.22. The fraction of sp³-hybridized carbons (Fsp3) is 0.280. The summed E-state index contributed by atoms with van der Waals surface area (Å²) in [6.45, 7) is 7.89. The van der Waals surface area contributed by atoms with Crippen molar-refractivity contribution in [3.8, 4) is 23.1 Å². The van der Waals surface area contributed by atoms with Crippen LogP contribution in [0.25, 0.3) is 22.2 Å². The highest BCUT2D eigenvalue weighted by molar-refractivity contribution is 5.79. The predicted octanol–water partition coefficient (Wildman–Crippen LogP) is 3.81. The molecular formula is C25H26N2O7. The largest absolute Gasteiger partial charge is 0.483 e. The van der Waals surface area contributed by atoms with Crippen molar-refractivity contribution in [1.82, 2.24) is 4.98 Å². The van der Waals surface area contributed by atoms with E-state index >= 15 is 0 Å². The first-order valence-corrected chi connectivity index (χ1v) is 10.4. The molecule has 1 N–H and O–H groups in total. The van der Waals surface area contributed by atoms with Crippen molar-refractivity contribution in [2.45, 2.75) is 13.3 Å². The zero-order valence-corrected chi connectivity index (χ0v) is 18.9. The second-order valence-electron chi connectivity index (χ2n) is 7.07. The van der Waals surface area contributed by atoms with E-state index in [0.717, 1.165) is 12.0 Å². The molecule has 0 saturated heterocycles. The zero-order valence-electron chi connectivity index (χ0n) is 18.9. The van der Waals surface area contributed by atoms with Crippen LogP contribution < -0.4 is 10.4 Å². The van der Waals surface area contributed by atoms with Crippen LogP contribution >= 0.6 is 0 Å². The molecule has 178 valence electrons. The number of fused-ring (bicyclic) bond motifs is 1. The van der Waals surface area contributed by atoms with E-state index in [1.165, 1.54) is 0 Å². The van der Waals surface area contributed by atoms with E-state index in [-0.39, 0.29) is 12.2 Å².